The molecule has 0 fully saturated rings. The Morgan fingerprint density at radius 1 is 1.50 bits per heavy atom. The zero-order valence-corrected chi connectivity index (χ0v) is 13.7. The highest BCUT2D eigenvalue weighted by Crippen LogP contribution is 2.25. The van der Waals surface area contributed by atoms with E-state index in [0.717, 1.165) is 36.9 Å². The summed E-state index contributed by atoms with van der Waals surface area (Å²) in [6.45, 7) is 11.3. The van der Waals surface area contributed by atoms with Crippen LogP contribution in [-0.2, 0) is 16.7 Å². The van der Waals surface area contributed by atoms with Crippen LogP contribution in [0.1, 0.15) is 44.8 Å². The molecule has 114 valence electrons. The van der Waals surface area contributed by atoms with Gasteiger partial charge in [0.1, 0.15) is 0 Å². The van der Waals surface area contributed by atoms with Crippen molar-refractivity contribution in [2.45, 2.75) is 46.1 Å². The molecular weight excluding hydrogens is 272 g/mol. The van der Waals surface area contributed by atoms with Crippen LogP contribution < -0.4 is 11.1 Å². The van der Waals surface area contributed by atoms with Crippen LogP contribution in [0.2, 0.25) is 0 Å². The smallest absolute Gasteiger partial charge is 0.188 e. The van der Waals surface area contributed by atoms with Crippen LogP contribution in [0.3, 0.4) is 0 Å². The molecule has 0 radical (unpaired) electrons. The molecule has 0 aliphatic carbocycles. The van der Waals surface area contributed by atoms with Gasteiger partial charge in [0.05, 0.1) is 17.2 Å². The summed E-state index contributed by atoms with van der Waals surface area (Å²) in [4.78, 5) is 8.88. The van der Waals surface area contributed by atoms with Crippen molar-refractivity contribution < 1.29 is 4.74 Å². The van der Waals surface area contributed by atoms with Gasteiger partial charge in [-0.25, -0.2) is 9.98 Å². The average molecular weight is 298 g/mol. The number of nitrogens with two attached hydrogens (primary N) is 1. The number of aromatic nitrogens is 1. The van der Waals surface area contributed by atoms with E-state index < -0.39 is 0 Å². The number of rotatable bonds is 7. The third-order valence-electron chi connectivity index (χ3n) is 2.58. The van der Waals surface area contributed by atoms with Crippen LogP contribution in [-0.4, -0.2) is 30.7 Å². The number of hydrogen-bond donors (Lipinski definition) is 2. The molecule has 0 bridgehead atoms. The molecular formula is C14H26N4OS. The summed E-state index contributed by atoms with van der Waals surface area (Å²) >= 11 is 1.68. The van der Waals surface area contributed by atoms with Crippen molar-refractivity contribution in [1.82, 2.24) is 10.3 Å². The van der Waals surface area contributed by atoms with Gasteiger partial charge in [-0.15, -0.1) is 11.3 Å². The second kappa shape index (κ2) is 8.21. The van der Waals surface area contributed by atoms with E-state index in [-0.39, 0.29) is 5.41 Å². The first-order valence-corrected chi connectivity index (χ1v) is 7.88. The van der Waals surface area contributed by atoms with Crippen molar-refractivity contribution in [3.63, 3.8) is 0 Å². The Kier molecular flexibility index (Phi) is 6.95. The van der Waals surface area contributed by atoms with Crippen LogP contribution >= 0.6 is 11.3 Å². The van der Waals surface area contributed by atoms with Gasteiger partial charge in [0, 0.05) is 30.6 Å². The van der Waals surface area contributed by atoms with E-state index in [1.54, 1.807) is 11.3 Å². The van der Waals surface area contributed by atoms with Crippen molar-refractivity contribution in [2.24, 2.45) is 10.7 Å². The second-order valence-electron chi connectivity index (χ2n) is 5.57. The molecule has 0 amide bonds. The Morgan fingerprint density at radius 3 is 2.85 bits per heavy atom. The number of aliphatic imine (C=N–C) groups is 1. The summed E-state index contributed by atoms with van der Waals surface area (Å²) in [6.07, 6.45) is 0.926. The Bertz CT molecular complexity index is 423. The van der Waals surface area contributed by atoms with Gasteiger partial charge in [0.2, 0.25) is 0 Å². The summed E-state index contributed by atoms with van der Waals surface area (Å²) in [5.41, 5.74) is 6.87. The van der Waals surface area contributed by atoms with Crippen molar-refractivity contribution in [3.05, 3.63) is 16.1 Å². The normalized spacial score (nSPS) is 12.7. The maximum absolute atomic E-state index is 5.80. The Morgan fingerprint density at radius 2 is 2.25 bits per heavy atom. The molecule has 0 atom stereocenters. The zero-order chi connectivity index (χ0) is 15.0. The summed E-state index contributed by atoms with van der Waals surface area (Å²) in [7, 11) is 0. The van der Waals surface area contributed by atoms with Gasteiger partial charge in [0.15, 0.2) is 5.96 Å². The number of hydrogen-bond acceptors (Lipinski definition) is 4. The molecule has 5 nitrogen and oxygen atoms in total. The van der Waals surface area contributed by atoms with Crippen molar-refractivity contribution in [1.29, 1.82) is 0 Å². The van der Waals surface area contributed by atoms with Crippen LogP contribution in [0.25, 0.3) is 0 Å². The monoisotopic (exact) mass is 298 g/mol. The van der Waals surface area contributed by atoms with Crippen molar-refractivity contribution in [2.75, 3.05) is 19.8 Å². The first-order valence-electron chi connectivity index (χ1n) is 7.00. The molecule has 0 aromatic carbocycles. The highest BCUT2D eigenvalue weighted by atomic mass is 32.1. The predicted molar refractivity (Wildman–Crippen MR) is 85.3 cm³/mol. The molecule has 0 saturated carbocycles. The lowest BCUT2D eigenvalue weighted by atomic mass is 9.98. The molecule has 0 aliphatic rings. The molecule has 20 heavy (non-hydrogen) atoms. The lowest BCUT2D eigenvalue weighted by Gasteiger charge is -2.13. The molecule has 1 aromatic rings. The fourth-order valence-electron chi connectivity index (χ4n) is 1.48. The van der Waals surface area contributed by atoms with Crippen LogP contribution in [0.15, 0.2) is 10.4 Å². The van der Waals surface area contributed by atoms with Gasteiger partial charge in [-0.1, -0.05) is 20.8 Å². The minimum absolute atomic E-state index is 0.0930. The van der Waals surface area contributed by atoms with Gasteiger partial charge in [0.25, 0.3) is 0 Å². The standard InChI is InChI=1S/C14H26N4OS/c1-5-19-8-6-7-16-13(15)17-9-11-10-20-12(18-11)14(2,3)4/h10H,5-9H2,1-4H3,(H3,15,16,17). The lowest BCUT2D eigenvalue weighted by Crippen LogP contribution is -2.32. The fraction of sp³-hybridized carbons (Fsp3) is 0.714. The zero-order valence-electron chi connectivity index (χ0n) is 12.9. The quantitative estimate of drug-likeness (QED) is 0.460. The van der Waals surface area contributed by atoms with Crippen molar-refractivity contribution in [3.8, 4) is 0 Å². The second-order valence-corrected chi connectivity index (χ2v) is 6.43. The molecule has 0 saturated heterocycles. The first kappa shape index (κ1) is 16.9. The third kappa shape index (κ3) is 6.34. The number of guanidine groups is 1. The fourth-order valence-corrected chi connectivity index (χ4v) is 2.38. The molecule has 1 rings (SSSR count). The summed E-state index contributed by atoms with van der Waals surface area (Å²) in [5.74, 6) is 0.465. The Balaban J connectivity index is 2.33. The predicted octanol–water partition coefficient (Wildman–Crippen LogP) is 2.27. The summed E-state index contributed by atoms with van der Waals surface area (Å²) in [5, 5.41) is 6.25. The van der Waals surface area contributed by atoms with E-state index >= 15 is 0 Å². The van der Waals surface area contributed by atoms with Gasteiger partial charge >= 0.3 is 0 Å². The number of ether oxygens (including phenoxy) is 1. The Hall–Kier alpha value is -1.14. The average Bonchev–Trinajstić information content (AvgIpc) is 2.85. The van der Waals surface area contributed by atoms with Crippen LogP contribution in [0.5, 0.6) is 0 Å². The van der Waals surface area contributed by atoms with Crippen LogP contribution in [0.4, 0.5) is 0 Å². The van der Waals surface area contributed by atoms with Crippen LogP contribution in [0, 0.1) is 0 Å². The summed E-state index contributed by atoms with van der Waals surface area (Å²) < 4.78 is 5.25. The van der Waals surface area contributed by atoms with E-state index in [0.29, 0.717) is 12.5 Å². The Labute approximate surface area is 125 Å². The van der Waals surface area contributed by atoms with E-state index in [1.165, 1.54) is 0 Å². The molecule has 6 heteroatoms. The van der Waals surface area contributed by atoms with E-state index in [2.05, 4.69) is 36.1 Å². The van der Waals surface area contributed by atoms with Crippen molar-refractivity contribution >= 4 is 17.3 Å². The SMILES string of the molecule is CCOCCCNC(N)=NCc1csc(C(C)(C)C)n1. The van der Waals surface area contributed by atoms with E-state index in [9.17, 15) is 0 Å². The minimum atomic E-state index is 0.0930. The molecule has 0 spiro atoms. The van der Waals surface area contributed by atoms with Gasteiger partial charge < -0.3 is 15.8 Å². The maximum atomic E-state index is 5.80. The highest BCUT2D eigenvalue weighted by molar-refractivity contribution is 7.09. The summed E-state index contributed by atoms with van der Waals surface area (Å²) in [6, 6.07) is 0. The molecule has 1 heterocycles. The highest BCUT2D eigenvalue weighted by Gasteiger charge is 2.17. The van der Waals surface area contributed by atoms with E-state index in [1.807, 2.05) is 12.3 Å². The third-order valence-corrected chi connectivity index (χ3v) is 3.90. The molecule has 0 unspecified atom stereocenters. The topological polar surface area (TPSA) is 72.5 Å². The number of nitrogens with one attached hydrogen (secondary N) is 1. The van der Waals surface area contributed by atoms with Gasteiger partial charge in [-0.3, -0.25) is 0 Å². The number of nitrogens with zero attached hydrogens (tertiary/aromatic N) is 2. The first-order chi connectivity index (χ1) is 9.43. The minimum Gasteiger partial charge on any atom is -0.382 e. The lowest BCUT2D eigenvalue weighted by molar-refractivity contribution is 0.145. The maximum Gasteiger partial charge on any atom is 0.188 e. The number of thiazole rings is 1. The van der Waals surface area contributed by atoms with E-state index in [4.69, 9.17) is 10.5 Å². The molecule has 0 aliphatic heterocycles. The largest absolute Gasteiger partial charge is 0.382 e. The molecule has 1 aromatic heterocycles. The van der Waals surface area contributed by atoms with Gasteiger partial charge in [-0.05, 0) is 13.3 Å². The molecule has 3 N–H and O–H groups in total. The van der Waals surface area contributed by atoms with Gasteiger partial charge in [-0.2, -0.15) is 0 Å².